The average Bonchev–Trinajstić information content (AvgIpc) is 3.16. The third-order valence-electron chi connectivity index (χ3n) is 7.93. The molecule has 0 amide bonds. The fourth-order valence-corrected chi connectivity index (χ4v) is 5.72. The van der Waals surface area contributed by atoms with Gasteiger partial charge in [-0.1, -0.05) is 179 Å². The highest BCUT2D eigenvalue weighted by Crippen LogP contribution is 2.42. The van der Waals surface area contributed by atoms with Crippen molar-refractivity contribution in [1.82, 2.24) is 0 Å². The molecule has 0 heterocycles. The summed E-state index contributed by atoms with van der Waals surface area (Å²) >= 11 is 3.53. The van der Waals surface area contributed by atoms with Gasteiger partial charge in [0.1, 0.15) is 0 Å². The van der Waals surface area contributed by atoms with E-state index in [0.717, 1.165) is 0 Å². The van der Waals surface area contributed by atoms with Crippen molar-refractivity contribution in [3.8, 4) is 22.3 Å². The third kappa shape index (κ3) is 9.12. The molecule has 0 aliphatic heterocycles. The van der Waals surface area contributed by atoms with Gasteiger partial charge in [-0.15, -0.1) is 0 Å². The Morgan fingerprint density at radius 2 is 0.596 bits per heavy atom. The number of benzene rings is 6. The Morgan fingerprint density at radius 1 is 0.340 bits per heavy atom. The Balaban J connectivity index is 0.00000116. The highest BCUT2D eigenvalue weighted by molar-refractivity contribution is 7.79. The van der Waals surface area contributed by atoms with Gasteiger partial charge in [-0.3, -0.25) is 0 Å². The molecule has 0 radical (unpaired) electrons. The molecule has 6 rings (SSSR count). The normalized spacial score (nSPS) is 11.3. The zero-order valence-corrected chi connectivity index (χ0v) is 28.5. The van der Waals surface area contributed by atoms with Gasteiger partial charge >= 0.3 is 0 Å². The van der Waals surface area contributed by atoms with E-state index in [1.807, 2.05) is 13.8 Å². The number of rotatable bonds is 7. The maximum atomic E-state index is 3.53. The minimum Gasteiger partial charge on any atom is -0.183 e. The lowest BCUT2D eigenvalue weighted by molar-refractivity contribution is 1.50. The van der Waals surface area contributed by atoms with Crippen LogP contribution < -0.4 is 0 Å². The minimum atomic E-state index is 0. The quantitative estimate of drug-likeness (QED) is 0.101. The van der Waals surface area contributed by atoms with Crippen LogP contribution in [0.15, 0.2) is 170 Å². The molecule has 1 heteroatoms. The molecular weight excluding hydrogens is 585 g/mol. The summed E-state index contributed by atoms with van der Waals surface area (Å²) in [6.45, 7) is 8.53. The molecule has 0 bridgehead atoms. The molecule has 6 aromatic rings. The largest absolute Gasteiger partial charge is 0.183 e. The molecule has 0 aliphatic rings. The SMILES string of the molecule is C.C/C(=C(\C(=C(/C)c1cccc(-c2ccccc2)c1)c1ccccc1)c1ccccc1)c1cccc(-c2ccccc2)c1.CC.CS. The van der Waals surface area contributed by atoms with Crippen molar-refractivity contribution >= 4 is 34.9 Å². The minimum absolute atomic E-state index is 0. The average molecular weight is 633 g/mol. The van der Waals surface area contributed by atoms with Crippen LogP contribution in [0.4, 0.5) is 0 Å². The number of thiol groups is 1. The second kappa shape index (κ2) is 19.0. The molecule has 0 N–H and O–H groups in total. The lowest BCUT2D eigenvalue weighted by Crippen LogP contribution is -1.98. The standard InChI is InChI=1S/C42H34.C2H6.CH4S.CH4/c1-31(37-25-15-27-39(29-37)33-17-7-3-8-18-33)41(35-21-11-5-12-22-35)42(36-23-13-6-14-24-36)32(2)38-26-16-28-40(30-38)34-19-9-4-10-20-34;2*1-2;/h3-30H,1-2H3;1-2H3;2H,1H3;1H4/b41-31+,42-32+;;;. The summed E-state index contributed by atoms with van der Waals surface area (Å²) in [5, 5.41) is 0. The van der Waals surface area contributed by atoms with Crippen molar-refractivity contribution in [3.63, 3.8) is 0 Å². The van der Waals surface area contributed by atoms with Crippen LogP contribution in [0.1, 0.15) is 57.4 Å². The summed E-state index contributed by atoms with van der Waals surface area (Å²) in [4.78, 5) is 0. The first kappa shape index (κ1) is 36.6. The molecule has 6 aromatic carbocycles. The van der Waals surface area contributed by atoms with Crippen molar-refractivity contribution in [3.05, 3.63) is 192 Å². The van der Waals surface area contributed by atoms with Crippen LogP contribution in [0.3, 0.4) is 0 Å². The predicted octanol–water partition coefficient (Wildman–Crippen LogP) is 13.8. The second-order valence-electron chi connectivity index (χ2n) is 10.6. The predicted molar refractivity (Wildman–Crippen MR) is 215 cm³/mol. The van der Waals surface area contributed by atoms with E-state index in [2.05, 4.69) is 196 Å². The summed E-state index contributed by atoms with van der Waals surface area (Å²) in [5.41, 5.74) is 14.7. The highest BCUT2D eigenvalue weighted by Gasteiger charge is 2.19. The second-order valence-corrected chi connectivity index (χ2v) is 10.6. The van der Waals surface area contributed by atoms with Gasteiger partial charge in [0.2, 0.25) is 0 Å². The summed E-state index contributed by atoms with van der Waals surface area (Å²) in [6, 6.07) is 60.8. The molecule has 0 fully saturated rings. The van der Waals surface area contributed by atoms with Gasteiger partial charge in [-0.05, 0) is 99.0 Å². The fraction of sp³-hybridized carbons (Fsp3) is 0.130. The van der Waals surface area contributed by atoms with Crippen molar-refractivity contribution in [2.45, 2.75) is 35.1 Å². The number of hydrogen-bond donors (Lipinski definition) is 1. The Kier molecular flexibility index (Phi) is 14.8. The zero-order chi connectivity index (χ0) is 32.7. The van der Waals surface area contributed by atoms with Crippen LogP contribution in [-0.4, -0.2) is 6.26 Å². The maximum Gasteiger partial charge on any atom is -0.00673 e. The first-order valence-electron chi connectivity index (χ1n) is 16.0. The molecule has 47 heavy (non-hydrogen) atoms. The summed E-state index contributed by atoms with van der Waals surface area (Å²) < 4.78 is 0. The first-order valence-corrected chi connectivity index (χ1v) is 16.9. The molecule has 0 saturated carbocycles. The third-order valence-corrected chi connectivity index (χ3v) is 7.93. The van der Waals surface area contributed by atoms with E-state index in [1.165, 1.54) is 66.8 Å². The molecule has 0 aliphatic carbocycles. The monoisotopic (exact) mass is 632 g/mol. The van der Waals surface area contributed by atoms with E-state index < -0.39 is 0 Å². The van der Waals surface area contributed by atoms with Crippen LogP contribution >= 0.6 is 12.6 Å². The maximum absolute atomic E-state index is 3.53. The Bertz CT molecular complexity index is 1710. The van der Waals surface area contributed by atoms with Gasteiger partial charge in [0.25, 0.3) is 0 Å². The van der Waals surface area contributed by atoms with Crippen molar-refractivity contribution in [1.29, 1.82) is 0 Å². The molecule has 0 aromatic heterocycles. The van der Waals surface area contributed by atoms with Gasteiger partial charge in [0, 0.05) is 0 Å². The molecular formula is C46H48S. The van der Waals surface area contributed by atoms with E-state index in [-0.39, 0.29) is 7.43 Å². The van der Waals surface area contributed by atoms with Crippen molar-refractivity contribution in [2.75, 3.05) is 6.26 Å². The van der Waals surface area contributed by atoms with Gasteiger partial charge < -0.3 is 0 Å². The first-order chi connectivity index (χ1) is 22.7. The van der Waals surface area contributed by atoms with E-state index >= 15 is 0 Å². The highest BCUT2D eigenvalue weighted by atomic mass is 32.1. The van der Waals surface area contributed by atoms with E-state index in [4.69, 9.17) is 0 Å². The van der Waals surface area contributed by atoms with Crippen LogP contribution in [0.5, 0.6) is 0 Å². The Morgan fingerprint density at radius 3 is 0.915 bits per heavy atom. The fourth-order valence-electron chi connectivity index (χ4n) is 5.72. The zero-order valence-electron chi connectivity index (χ0n) is 27.6. The van der Waals surface area contributed by atoms with Gasteiger partial charge in [-0.2, -0.15) is 12.6 Å². The van der Waals surface area contributed by atoms with E-state index in [9.17, 15) is 0 Å². The molecule has 0 atom stereocenters. The van der Waals surface area contributed by atoms with Crippen LogP contribution in [0.2, 0.25) is 0 Å². The number of hydrogen-bond acceptors (Lipinski definition) is 1. The Labute approximate surface area is 289 Å². The smallest absolute Gasteiger partial charge is 0.00673 e. The number of allylic oxidation sites excluding steroid dienone is 4. The molecule has 0 unspecified atom stereocenters. The lowest BCUT2D eigenvalue weighted by Gasteiger charge is -2.21. The van der Waals surface area contributed by atoms with Gasteiger partial charge in [-0.25, -0.2) is 0 Å². The Hall–Kier alpha value is -4.85. The molecule has 0 nitrogen and oxygen atoms in total. The molecule has 0 spiro atoms. The van der Waals surface area contributed by atoms with Crippen LogP contribution in [0.25, 0.3) is 44.5 Å². The van der Waals surface area contributed by atoms with E-state index in [0.29, 0.717) is 0 Å². The topological polar surface area (TPSA) is 0 Å². The summed E-state index contributed by atoms with van der Waals surface area (Å²) in [6.07, 6.45) is 1.69. The van der Waals surface area contributed by atoms with Gasteiger partial charge in [0.05, 0.1) is 0 Å². The lowest BCUT2D eigenvalue weighted by atomic mass is 9.82. The van der Waals surface area contributed by atoms with Crippen LogP contribution in [0, 0.1) is 0 Å². The summed E-state index contributed by atoms with van der Waals surface area (Å²) in [7, 11) is 0. The summed E-state index contributed by atoms with van der Waals surface area (Å²) in [5.74, 6) is 0. The van der Waals surface area contributed by atoms with Crippen molar-refractivity contribution < 1.29 is 0 Å². The van der Waals surface area contributed by atoms with Gasteiger partial charge in [0.15, 0.2) is 0 Å². The van der Waals surface area contributed by atoms with E-state index in [1.54, 1.807) is 6.26 Å². The van der Waals surface area contributed by atoms with Crippen LogP contribution in [-0.2, 0) is 0 Å². The van der Waals surface area contributed by atoms with Crippen molar-refractivity contribution in [2.24, 2.45) is 0 Å². The molecule has 238 valence electrons. The molecule has 0 saturated heterocycles.